The molecule has 2 aliphatic heterocycles. The fourth-order valence-corrected chi connectivity index (χ4v) is 4.40. The molecule has 1 aromatic heterocycles. The van der Waals surface area contributed by atoms with Crippen LogP contribution in [0.4, 0.5) is 0 Å². The number of rotatable bonds is 6. The third-order valence-electron chi connectivity index (χ3n) is 6.14. The van der Waals surface area contributed by atoms with E-state index in [-0.39, 0.29) is 17.9 Å². The average molecular weight is 396 g/mol. The zero-order chi connectivity index (χ0) is 20.1. The van der Waals surface area contributed by atoms with Crippen molar-refractivity contribution >= 4 is 11.8 Å². The lowest BCUT2D eigenvalue weighted by molar-refractivity contribution is -0.133. The minimum Gasteiger partial charge on any atom is -0.349 e. The number of benzene rings is 1. The topological polar surface area (TPSA) is 79.3 Å². The van der Waals surface area contributed by atoms with Crippen LogP contribution in [0.2, 0.25) is 0 Å². The highest BCUT2D eigenvalue weighted by molar-refractivity contribution is 5.85. The monoisotopic (exact) mass is 395 g/mol. The van der Waals surface area contributed by atoms with Crippen molar-refractivity contribution in [3.8, 4) is 0 Å². The molecule has 154 valence electrons. The highest BCUT2D eigenvalue weighted by Crippen LogP contribution is 2.28. The van der Waals surface area contributed by atoms with Crippen molar-refractivity contribution in [2.75, 3.05) is 26.2 Å². The Morgan fingerprint density at radius 3 is 2.69 bits per heavy atom. The van der Waals surface area contributed by atoms with E-state index in [2.05, 4.69) is 15.7 Å². The molecule has 7 nitrogen and oxygen atoms in total. The summed E-state index contributed by atoms with van der Waals surface area (Å²) in [6.07, 6.45) is 7.09. The van der Waals surface area contributed by atoms with Gasteiger partial charge in [-0.1, -0.05) is 30.3 Å². The fourth-order valence-electron chi connectivity index (χ4n) is 4.40. The van der Waals surface area contributed by atoms with Crippen molar-refractivity contribution in [3.63, 3.8) is 0 Å². The third-order valence-corrected chi connectivity index (χ3v) is 6.14. The largest absolute Gasteiger partial charge is 0.349 e. The lowest BCUT2D eigenvalue weighted by Crippen LogP contribution is -2.56. The Labute approximate surface area is 171 Å². The van der Waals surface area contributed by atoms with Gasteiger partial charge in [-0.2, -0.15) is 5.10 Å². The molecule has 0 saturated carbocycles. The van der Waals surface area contributed by atoms with Gasteiger partial charge in [0.05, 0.1) is 0 Å². The fraction of sp³-hybridized carbons (Fsp3) is 0.500. The van der Waals surface area contributed by atoms with Gasteiger partial charge in [-0.3, -0.25) is 14.3 Å². The number of piperidine rings is 1. The maximum Gasteiger partial charge on any atom is 0.248 e. The molecule has 1 unspecified atom stereocenters. The molecule has 2 fully saturated rings. The number of nitrogens with one attached hydrogen (secondary N) is 2. The number of hydrogen-bond donors (Lipinski definition) is 2. The lowest BCUT2D eigenvalue weighted by atomic mass is 9.87. The van der Waals surface area contributed by atoms with Gasteiger partial charge in [0.2, 0.25) is 11.8 Å². The molecule has 29 heavy (non-hydrogen) atoms. The summed E-state index contributed by atoms with van der Waals surface area (Å²) >= 11 is 0. The number of aryl methyl sites for hydroxylation is 1. The highest BCUT2D eigenvalue weighted by atomic mass is 16.2. The molecule has 2 N–H and O–H groups in total. The Balaban J connectivity index is 1.33. The number of amides is 2. The van der Waals surface area contributed by atoms with Gasteiger partial charge >= 0.3 is 0 Å². The first-order chi connectivity index (χ1) is 14.2. The molecular weight excluding hydrogens is 366 g/mol. The predicted molar refractivity (Wildman–Crippen MR) is 110 cm³/mol. The molecule has 1 aromatic carbocycles. The number of aromatic nitrogens is 2. The minimum absolute atomic E-state index is 0.00509. The first-order valence-corrected chi connectivity index (χ1v) is 10.5. The van der Waals surface area contributed by atoms with Crippen molar-refractivity contribution in [1.82, 2.24) is 25.3 Å². The Morgan fingerprint density at radius 2 is 1.97 bits per heavy atom. The maximum atomic E-state index is 13.3. The molecule has 2 aromatic rings. The number of nitrogens with zero attached hydrogens (tertiary/aromatic N) is 3. The summed E-state index contributed by atoms with van der Waals surface area (Å²) in [5.74, 6) is 0.181. The van der Waals surface area contributed by atoms with Crippen LogP contribution in [-0.4, -0.2) is 58.7 Å². The van der Waals surface area contributed by atoms with Crippen molar-refractivity contribution in [1.29, 1.82) is 0 Å². The second-order valence-corrected chi connectivity index (χ2v) is 8.02. The number of hydrogen-bond acceptors (Lipinski definition) is 4. The van der Waals surface area contributed by atoms with E-state index in [1.54, 1.807) is 10.9 Å². The van der Waals surface area contributed by atoms with Crippen LogP contribution in [0.5, 0.6) is 0 Å². The summed E-state index contributed by atoms with van der Waals surface area (Å²) in [6.45, 7) is 2.88. The Kier molecular flexibility index (Phi) is 5.94. The van der Waals surface area contributed by atoms with Crippen molar-refractivity contribution in [2.45, 2.75) is 43.7 Å². The Bertz CT molecular complexity index is 815. The van der Waals surface area contributed by atoms with Gasteiger partial charge in [0.15, 0.2) is 0 Å². The summed E-state index contributed by atoms with van der Waals surface area (Å²) in [5.41, 5.74) is 0.538. The maximum absolute atomic E-state index is 13.3. The van der Waals surface area contributed by atoms with E-state index < -0.39 is 5.54 Å². The van der Waals surface area contributed by atoms with Crippen LogP contribution in [0.25, 0.3) is 0 Å². The summed E-state index contributed by atoms with van der Waals surface area (Å²) in [6, 6.07) is 11.9. The Morgan fingerprint density at radius 1 is 1.17 bits per heavy atom. The van der Waals surface area contributed by atoms with E-state index >= 15 is 0 Å². The SMILES string of the molecule is O=C(CCc1ccccc1)N1CCC(NC(=O)C2(n3cccn3)CCNCC2)C1. The molecule has 2 saturated heterocycles. The van der Waals surface area contributed by atoms with Crippen molar-refractivity contribution in [3.05, 3.63) is 54.4 Å². The second kappa shape index (κ2) is 8.78. The van der Waals surface area contributed by atoms with E-state index in [1.165, 1.54) is 5.56 Å². The summed E-state index contributed by atoms with van der Waals surface area (Å²) in [4.78, 5) is 27.7. The quantitative estimate of drug-likeness (QED) is 0.773. The second-order valence-electron chi connectivity index (χ2n) is 8.02. The van der Waals surface area contributed by atoms with Crippen LogP contribution >= 0.6 is 0 Å². The smallest absolute Gasteiger partial charge is 0.248 e. The predicted octanol–water partition coefficient (Wildman–Crippen LogP) is 1.31. The molecule has 7 heteroatoms. The molecule has 0 aliphatic carbocycles. The highest BCUT2D eigenvalue weighted by Gasteiger charge is 2.43. The van der Waals surface area contributed by atoms with Crippen LogP contribution in [0.3, 0.4) is 0 Å². The van der Waals surface area contributed by atoms with E-state index in [9.17, 15) is 9.59 Å². The van der Waals surface area contributed by atoms with Gasteiger partial charge in [0, 0.05) is 37.9 Å². The van der Waals surface area contributed by atoms with Crippen LogP contribution in [0, 0.1) is 0 Å². The number of likely N-dealkylation sites (tertiary alicyclic amines) is 1. The molecule has 0 radical (unpaired) electrons. The van der Waals surface area contributed by atoms with Crippen LogP contribution in [-0.2, 0) is 21.5 Å². The average Bonchev–Trinajstić information content (AvgIpc) is 3.46. The normalized spacial score (nSPS) is 21.1. The Hall–Kier alpha value is -2.67. The number of carbonyl (C=O) groups excluding carboxylic acids is 2. The first-order valence-electron chi connectivity index (χ1n) is 10.5. The van der Waals surface area contributed by atoms with Crippen LogP contribution in [0.1, 0.15) is 31.2 Å². The third kappa shape index (κ3) is 4.34. The minimum atomic E-state index is -0.639. The van der Waals surface area contributed by atoms with Gasteiger partial charge in [-0.25, -0.2) is 0 Å². The summed E-state index contributed by atoms with van der Waals surface area (Å²) in [5, 5.41) is 10.9. The lowest BCUT2D eigenvalue weighted by Gasteiger charge is -2.37. The molecule has 0 spiro atoms. The van der Waals surface area contributed by atoms with Gasteiger partial charge in [0.25, 0.3) is 0 Å². The van der Waals surface area contributed by atoms with Gasteiger partial charge in [-0.15, -0.1) is 0 Å². The first kappa shape index (κ1) is 19.6. The van der Waals surface area contributed by atoms with E-state index in [4.69, 9.17) is 0 Å². The van der Waals surface area contributed by atoms with Crippen molar-refractivity contribution < 1.29 is 9.59 Å². The van der Waals surface area contributed by atoms with E-state index in [1.807, 2.05) is 47.5 Å². The molecule has 3 heterocycles. The summed E-state index contributed by atoms with van der Waals surface area (Å²) < 4.78 is 1.81. The van der Waals surface area contributed by atoms with Crippen LogP contribution < -0.4 is 10.6 Å². The van der Waals surface area contributed by atoms with Crippen LogP contribution in [0.15, 0.2) is 48.8 Å². The van der Waals surface area contributed by atoms with Crippen molar-refractivity contribution in [2.24, 2.45) is 0 Å². The van der Waals surface area contributed by atoms with E-state index in [0.29, 0.717) is 32.4 Å². The molecular formula is C22H29N5O2. The zero-order valence-electron chi connectivity index (χ0n) is 16.7. The molecule has 2 amide bonds. The zero-order valence-corrected chi connectivity index (χ0v) is 16.7. The molecule has 2 aliphatic rings. The van der Waals surface area contributed by atoms with Gasteiger partial charge in [0.1, 0.15) is 5.54 Å². The van der Waals surface area contributed by atoms with Gasteiger partial charge in [-0.05, 0) is 50.4 Å². The molecule has 0 bridgehead atoms. The molecule has 4 rings (SSSR count). The van der Waals surface area contributed by atoms with Gasteiger partial charge < -0.3 is 15.5 Å². The van der Waals surface area contributed by atoms with E-state index in [0.717, 1.165) is 25.9 Å². The molecule has 1 atom stereocenters. The standard InChI is InChI=1S/C22H29N5O2/c28-20(8-7-18-5-2-1-3-6-18)26-16-9-19(17-26)25-21(29)22(10-13-23-14-11-22)27-15-4-12-24-27/h1-6,12,15,19,23H,7-11,13-14,16-17H2,(H,25,29). The summed E-state index contributed by atoms with van der Waals surface area (Å²) in [7, 11) is 0. The number of carbonyl (C=O) groups is 2.